The van der Waals surface area contributed by atoms with Crippen LogP contribution in [0.25, 0.3) is 0 Å². The van der Waals surface area contributed by atoms with Gasteiger partial charge in [0.1, 0.15) is 11.6 Å². The van der Waals surface area contributed by atoms with Crippen LogP contribution in [-0.4, -0.2) is 17.5 Å². The van der Waals surface area contributed by atoms with Gasteiger partial charge in [0, 0.05) is 17.8 Å². The Labute approximate surface area is 89.2 Å². The molecule has 3 atom stereocenters. The highest BCUT2D eigenvalue weighted by atomic mass is 16.1. The van der Waals surface area contributed by atoms with Crippen molar-refractivity contribution < 1.29 is 14.4 Å². The van der Waals surface area contributed by atoms with E-state index in [2.05, 4.69) is 0 Å². The predicted molar refractivity (Wildman–Crippen MR) is 54.9 cm³/mol. The van der Waals surface area contributed by atoms with Crippen LogP contribution in [0.4, 0.5) is 0 Å². The summed E-state index contributed by atoms with van der Waals surface area (Å²) >= 11 is 0. The van der Waals surface area contributed by atoms with Crippen LogP contribution in [-0.2, 0) is 14.4 Å². The molecule has 4 nitrogen and oxygen atoms in total. The first kappa shape index (κ1) is 11.9. The highest BCUT2D eigenvalue weighted by Crippen LogP contribution is 2.34. The highest BCUT2D eigenvalue weighted by Gasteiger charge is 2.35. The van der Waals surface area contributed by atoms with Gasteiger partial charge in [0.25, 0.3) is 0 Å². The molecule has 0 aromatic heterocycles. The summed E-state index contributed by atoms with van der Waals surface area (Å²) in [5.74, 6) is -0.969. The first-order valence-corrected chi connectivity index (χ1v) is 5.22. The summed E-state index contributed by atoms with van der Waals surface area (Å²) < 4.78 is 0. The number of amides is 1. The highest BCUT2D eigenvalue weighted by molar-refractivity contribution is 5.85. The van der Waals surface area contributed by atoms with Crippen molar-refractivity contribution >= 4 is 17.5 Å². The molecule has 1 fully saturated rings. The van der Waals surface area contributed by atoms with E-state index in [1.54, 1.807) is 0 Å². The lowest BCUT2D eigenvalue weighted by atomic mass is 9.72. The molecular formula is C11H17NO3. The zero-order valence-corrected chi connectivity index (χ0v) is 9.16. The molecule has 0 saturated heterocycles. The summed E-state index contributed by atoms with van der Waals surface area (Å²) in [4.78, 5) is 33.6. The van der Waals surface area contributed by atoms with Crippen molar-refractivity contribution in [3.63, 3.8) is 0 Å². The Kier molecular flexibility index (Phi) is 3.61. The van der Waals surface area contributed by atoms with Gasteiger partial charge in [-0.05, 0) is 33.1 Å². The maximum Gasteiger partial charge on any atom is 0.220 e. The Morgan fingerprint density at radius 3 is 1.47 bits per heavy atom. The van der Waals surface area contributed by atoms with Crippen LogP contribution in [0, 0.1) is 17.8 Å². The van der Waals surface area contributed by atoms with E-state index in [9.17, 15) is 14.4 Å². The van der Waals surface area contributed by atoms with Crippen molar-refractivity contribution in [3.05, 3.63) is 0 Å². The maximum atomic E-state index is 11.3. The number of primary amides is 1. The minimum absolute atomic E-state index is 0.0483. The van der Waals surface area contributed by atoms with E-state index < -0.39 is 5.91 Å². The second kappa shape index (κ2) is 4.55. The van der Waals surface area contributed by atoms with Gasteiger partial charge in [-0.15, -0.1) is 0 Å². The number of carbonyl (C=O) groups is 3. The molecule has 84 valence electrons. The van der Waals surface area contributed by atoms with Gasteiger partial charge in [-0.1, -0.05) is 0 Å². The zero-order valence-electron chi connectivity index (χ0n) is 9.16. The van der Waals surface area contributed by atoms with Gasteiger partial charge in [0.2, 0.25) is 5.91 Å². The summed E-state index contributed by atoms with van der Waals surface area (Å²) in [7, 11) is 0. The van der Waals surface area contributed by atoms with Gasteiger partial charge in [-0.3, -0.25) is 14.4 Å². The van der Waals surface area contributed by atoms with Crippen molar-refractivity contribution in [1.82, 2.24) is 0 Å². The Morgan fingerprint density at radius 2 is 1.20 bits per heavy atom. The Morgan fingerprint density at radius 1 is 0.867 bits per heavy atom. The van der Waals surface area contributed by atoms with E-state index in [-0.39, 0.29) is 29.3 Å². The van der Waals surface area contributed by atoms with E-state index in [0.717, 1.165) is 0 Å². The molecule has 1 aliphatic rings. The molecule has 1 rings (SSSR count). The third-order valence-electron chi connectivity index (χ3n) is 3.26. The van der Waals surface area contributed by atoms with E-state index in [4.69, 9.17) is 5.73 Å². The zero-order chi connectivity index (χ0) is 11.6. The van der Waals surface area contributed by atoms with Gasteiger partial charge in [-0.2, -0.15) is 0 Å². The quantitative estimate of drug-likeness (QED) is 0.745. The van der Waals surface area contributed by atoms with Gasteiger partial charge in [-0.25, -0.2) is 0 Å². The largest absolute Gasteiger partial charge is 0.369 e. The van der Waals surface area contributed by atoms with E-state index in [0.29, 0.717) is 19.3 Å². The van der Waals surface area contributed by atoms with E-state index >= 15 is 0 Å². The first-order valence-electron chi connectivity index (χ1n) is 5.22. The van der Waals surface area contributed by atoms with Crippen molar-refractivity contribution in [2.75, 3.05) is 0 Å². The van der Waals surface area contributed by atoms with Crippen LogP contribution >= 0.6 is 0 Å². The smallest absolute Gasteiger partial charge is 0.220 e. The normalized spacial score (nSPS) is 30.9. The number of hydrogen-bond acceptors (Lipinski definition) is 3. The van der Waals surface area contributed by atoms with E-state index in [1.165, 1.54) is 13.8 Å². The fourth-order valence-corrected chi connectivity index (χ4v) is 2.22. The third kappa shape index (κ3) is 2.88. The number of rotatable bonds is 3. The molecule has 1 amide bonds. The minimum Gasteiger partial charge on any atom is -0.369 e. The Hall–Kier alpha value is -1.19. The number of carbonyl (C=O) groups excluding carboxylic acids is 3. The molecule has 0 aromatic rings. The van der Waals surface area contributed by atoms with Gasteiger partial charge < -0.3 is 5.73 Å². The molecule has 0 bridgehead atoms. The third-order valence-corrected chi connectivity index (χ3v) is 3.26. The number of nitrogens with two attached hydrogens (primary N) is 1. The lowest BCUT2D eigenvalue weighted by molar-refractivity contribution is -0.130. The Bertz CT molecular complexity index is 245. The summed E-state index contributed by atoms with van der Waals surface area (Å²) in [6.07, 6.45) is 1.59. The summed E-state index contributed by atoms with van der Waals surface area (Å²) in [5.41, 5.74) is 5.23. The van der Waals surface area contributed by atoms with Gasteiger partial charge >= 0.3 is 0 Å². The maximum absolute atomic E-state index is 11.3. The molecule has 2 unspecified atom stereocenters. The number of ketones is 2. The molecule has 2 N–H and O–H groups in total. The SMILES string of the molecule is CC(=O)C1CC(C(N)=O)C[C@@H](C(C)=O)C1. The lowest BCUT2D eigenvalue weighted by Gasteiger charge is -2.30. The molecule has 4 heteroatoms. The minimum atomic E-state index is -0.396. The molecule has 15 heavy (non-hydrogen) atoms. The van der Waals surface area contributed by atoms with Gasteiger partial charge in [0.05, 0.1) is 0 Å². The summed E-state index contributed by atoms with van der Waals surface area (Å²) in [6, 6.07) is 0. The van der Waals surface area contributed by atoms with Crippen molar-refractivity contribution in [2.24, 2.45) is 23.5 Å². The van der Waals surface area contributed by atoms with Crippen LogP contribution in [0.1, 0.15) is 33.1 Å². The van der Waals surface area contributed by atoms with Crippen LogP contribution in [0.3, 0.4) is 0 Å². The molecule has 1 aliphatic carbocycles. The molecule has 0 spiro atoms. The average molecular weight is 211 g/mol. The standard InChI is InChI=1S/C11H17NO3/c1-6(13)8-3-9(7(2)14)5-10(4-8)11(12)15/h8-10H,3-5H2,1-2H3,(H2,12,15)/t8-,9?,10?/m0/s1. The summed E-state index contributed by atoms with van der Waals surface area (Å²) in [6.45, 7) is 3.01. The van der Waals surface area contributed by atoms with E-state index in [1.807, 2.05) is 0 Å². The fourth-order valence-electron chi connectivity index (χ4n) is 2.22. The molecule has 0 heterocycles. The predicted octanol–water partition coefficient (Wildman–Crippen LogP) is 0.682. The topological polar surface area (TPSA) is 77.2 Å². The molecule has 0 aliphatic heterocycles. The number of hydrogen-bond donors (Lipinski definition) is 1. The molecular weight excluding hydrogens is 194 g/mol. The van der Waals surface area contributed by atoms with Crippen molar-refractivity contribution in [3.8, 4) is 0 Å². The summed E-state index contributed by atoms with van der Waals surface area (Å²) in [5, 5.41) is 0. The van der Waals surface area contributed by atoms with Crippen LogP contribution in [0.15, 0.2) is 0 Å². The lowest BCUT2D eigenvalue weighted by Crippen LogP contribution is -2.36. The number of Topliss-reactive ketones (excluding diaryl/α,β-unsaturated/α-hetero) is 2. The van der Waals surface area contributed by atoms with Crippen LogP contribution in [0.5, 0.6) is 0 Å². The second-order valence-electron chi connectivity index (χ2n) is 4.42. The molecule has 1 saturated carbocycles. The van der Waals surface area contributed by atoms with Crippen molar-refractivity contribution in [1.29, 1.82) is 0 Å². The molecule has 0 aromatic carbocycles. The first-order chi connectivity index (χ1) is 6.91. The molecule has 0 radical (unpaired) electrons. The monoisotopic (exact) mass is 211 g/mol. The Balaban J connectivity index is 2.77. The second-order valence-corrected chi connectivity index (χ2v) is 4.42. The fraction of sp³-hybridized carbons (Fsp3) is 0.727. The van der Waals surface area contributed by atoms with Crippen molar-refractivity contribution in [2.45, 2.75) is 33.1 Å². The average Bonchev–Trinajstić information content (AvgIpc) is 2.16. The van der Waals surface area contributed by atoms with Crippen LogP contribution in [0.2, 0.25) is 0 Å². The van der Waals surface area contributed by atoms with Gasteiger partial charge in [0.15, 0.2) is 0 Å². The van der Waals surface area contributed by atoms with Crippen LogP contribution < -0.4 is 5.73 Å².